The van der Waals surface area contributed by atoms with Crippen LogP contribution in [0.15, 0.2) is 12.2 Å². The Labute approximate surface area is 84.4 Å². The average Bonchev–Trinajstić information content (AvgIpc) is 2.18. The smallest absolute Gasteiger partial charge is 0.219 e. The number of rotatable bonds is 1. The fraction of sp³-hybridized carbons (Fsp3) is 0.727. The van der Waals surface area contributed by atoms with Gasteiger partial charge < -0.3 is 10.0 Å². The highest BCUT2D eigenvalue weighted by molar-refractivity contribution is 5.74. The number of piperidine rings is 1. The second kappa shape index (κ2) is 3.39. The molecule has 0 aromatic carbocycles. The van der Waals surface area contributed by atoms with E-state index in [0.717, 1.165) is 13.0 Å². The second-order valence-corrected chi connectivity index (χ2v) is 4.45. The molecule has 1 aliphatic carbocycles. The molecular formula is C11H17NO2. The first kappa shape index (κ1) is 9.71. The van der Waals surface area contributed by atoms with E-state index in [2.05, 4.69) is 12.2 Å². The van der Waals surface area contributed by atoms with Crippen LogP contribution >= 0.6 is 0 Å². The van der Waals surface area contributed by atoms with Crippen LogP contribution in [0.1, 0.15) is 20.3 Å². The highest BCUT2D eigenvalue weighted by Gasteiger charge is 2.40. The van der Waals surface area contributed by atoms with Crippen molar-refractivity contribution in [1.82, 2.24) is 4.90 Å². The van der Waals surface area contributed by atoms with Gasteiger partial charge >= 0.3 is 0 Å². The SMILES string of the molecule is CC(=O)N1CC2C=CC1C(C(C)O)C2. The Morgan fingerprint density at radius 3 is 2.79 bits per heavy atom. The monoisotopic (exact) mass is 195 g/mol. The molecule has 0 aromatic heterocycles. The van der Waals surface area contributed by atoms with Gasteiger partial charge in [0.15, 0.2) is 0 Å². The van der Waals surface area contributed by atoms with Crippen LogP contribution in [-0.4, -0.2) is 34.6 Å². The van der Waals surface area contributed by atoms with Gasteiger partial charge in [-0.1, -0.05) is 12.2 Å². The quantitative estimate of drug-likeness (QED) is 0.628. The van der Waals surface area contributed by atoms with E-state index < -0.39 is 0 Å². The van der Waals surface area contributed by atoms with Gasteiger partial charge in [0.25, 0.3) is 0 Å². The van der Waals surface area contributed by atoms with Crippen LogP contribution in [-0.2, 0) is 4.79 Å². The normalized spacial score (nSPS) is 37.4. The molecule has 3 rings (SSSR count). The van der Waals surface area contributed by atoms with Crippen molar-refractivity contribution in [2.45, 2.75) is 32.4 Å². The van der Waals surface area contributed by atoms with Crippen molar-refractivity contribution >= 4 is 5.91 Å². The molecular weight excluding hydrogens is 178 g/mol. The molecule has 3 heteroatoms. The minimum atomic E-state index is -0.324. The summed E-state index contributed by atoms with van der Waals surface area (Å²) in [5, 5.41) is 9.63. The third kappa shape index (κ3) is 1.46. The summed E-state index contributed by atoms with van der Waals surface area (Å²) in [6.07, 6.45) is 4.96. The van der Waals surface area contributed by atoms with E-state index in [1.165, 1.54) is 0 Å². The predicted molar refractivity (Wildman–Crippen MR) is 53.6 cm³/mol. The Morgan fingerprint density at radius 1 is 1.57 bits per heavy atom. The molecule has 4 atom stereocenters. The standard InChI is InChI=1S/C11H17NO2/c1-7(13)10-5-9-3-4-11(10)12(6-9)8(2)14/h3-4,7,9-11,13H,5-6H2,1-2H3. The van der Waals surface area contributed by atoms with Crippen LogP contribution in [0.2, 0.25) is 0 Å². The fourth-order valence-electron chi connectivity index (χ4n) is 2.65. The summed E-state index contributed by atoms with van der Waals surface area (Å²) in [6, 6.07) is 0.123. The number of nitrogens with zero attached hydrogens (tertiary/aromatic N) is 1. The van der Waals surface area contributed by atoms with Crippen LogP contribution < -0.4 is 0 Å². The molecule has 2 aliphatic heterocycles. The molecule has 1 fully saturated rings. The summed E-state index contributed by atoms with van der Waals surface area (Å²) in [5.74, 6) is 0.792. The van der Waals surface area contributed by atoms with Gasteiger partial charge in [0, 0.05) is 19.4 Å². The molecule has 0 spiro atoms. The van der Waals surface area contributed by atoms with Gasteiger partial charge in [-0.3, -0.25) is 4.79 Å². The number of aliphatic hydroxyl groups is 1. The largest absolute Gasteiger partial charge is 0.393 e. The molecule has 3 nitrogen and oxygen atoms in total. The molecule has 2 heterocycles. The number of carbonyl (C=O) groups excluding carboxylic acids is 1. The summed E-state index contributed by atoms with van der Waals surface area (Å²) in [7, 11) is 0. The van der Waals surface area contributed by atoms with Gasteiger partial charge in [-0.05, 0) is 19.3 Å². The van der Waals surface area contributed by atoms with Gasteiger partial charge in [-0.15, -0.1) is 0 Å². The van der Waals surface area contributed by atoms with Crippen molar-refractivity contribution in [3.63, 3.8) is 0 Å². The van der Waals surface area contributed by atoms with E-state index in [9.17, 15) is 9.90 Å². The first-order chi connectivity index (χ1) is 6.59. The lowest BCUT2D eigenvalue weighted by atomic mass is 9.75. The third-order valence-electron chi connectivity index (χ3n) is 3.41. The van der Waals surface area contributed by atoms with Crippen molar-refractivity contribution < 1.29 is 9.90 Å². The zero-order valence-electron chi connectivity index (χ0n) is 8.68. The minimum Gasteiger partial charge on any atom is -0.393 e. The summed E-state index contributed by atoms with van der Waals surface area (Å²) < 4.78 is 0. The maximum Gasteiger partial charge on any atom is 0.219 e. The minimum absolute atomic E-state index is 0.120. The topological polar surface area (TPSA) is 40.5 Å². The van der Waals surface area contributed by atoms with Gasteiger partial charge in [0.05, 0.1) is 12.1 Å². The second-order valence-electron chi connectivity index (χ2n) is 4.45. The van der Waals surface area contributed by atoms with Gasteiger partial charge in [0.1, 0.15) is 0 Å². The molecule has 0 aromatic rings. The van der Waals surface area contributed by atoms with Gasteiger partial charge in [-0.2, -0.15) is 0 Å². The maximum absolute atomic E-state index is 11.4. The third-order valence-corrected chi connectivity index (χ3v) is 3.41. The van der Waals surface area contributed by atoms with Crippen LogP contribution in [0.25, 0.3) is 0 Å². The zero-order chi connectivity index (χ0) is 10.3. The molecule has 0 radical (unpaired) electrons. The molecule has 1 saturated heterocycles. The van der Waals surface area contributed by atoms with Gasteiger partial charge in [0.2, 0.25) is 5.91 Å². The van der Waals surface area contributed by atoms with Crippen molar-refractivity contribution in [2.24, 2.45) is 11.8 Å². The average molecular weight is 195 g/mol. The molecule has 78 valence electrons. The Hall–Kier alpha value is -0.830. The number of fused-ring (bicyclic) bond motifs is 2. The van der Waals surface area contributed by atoms with E-state index in [1.54, 1.807) is 6.92 Å². The first-order valence-corrected chi connectivity index (χ1v) is 5.23. The highest BCUT2D eigenvalue weighted by atomic mass is 16.3. The Bertz CT molecular complexity index is 272. The number of carbonyl (C=O) groups is 1. The lowest BCUT2D eigenvalue weighted by molar-refractivity contribution is -0.135. The molecule has 3 aliphatic rings. The van der Waals surface area contributed by atoms with E-state index in [1.807, 2.05) is 11.8 Å². The van der Waals surface area contributed by atoms with E-state index in [-0.39, 0.29) is 24.0 Å². The van der Waals surface area contributed by atoms with Crippen molar-refractivity contribution in [3.05, 3.63) is 12.2 Å². The fourth-order valence-corrected chi connectivity index (χ4v) is 2.65. The number of hydrogen-bond acceptors (Lipinski definition) is 2. The Balaban J connectivity index is 2.21. The van der Waals surface area contributed by atoms with Crippen molar-refractivity contribution in [2.75, 3.05) is 6.54 Å². The van der Waals surface area contributed by atoms with Gasteiger partial charge in [-0.25, -0.2) is 0 Å². The van der Waals surface area contributed by atoms with E-state index in [4.69, 9.17) is 0 Å². The van der Waals surface area contributed by atoms with Crippen LogP contribution in [0.3, 0.4) is 0 Å². The zero-order valence-corrected chi connectivity index (χ0v) is 8.68. The molecule has 1 N–H and O–H groups in total. The Morgan fingerprint density at radius 2 is 2.29 bits per heavy atom. The molecule has 4 unspecified atom stereocenters. The van der Waals surface area contributed by atoms with Crippen molar-refractivity contribution in [1.29, 1.82) is 0 Å². The molecule has 2 bridgehead atoms. The molecule has 1 amide bonds. The van der Waals surface area contributed by atoms with Crippen LogP contribution in [0.5, 0.6) is 0 Å². The highest BCUT2D eigenvalue weighted by Crippen LogP contribution is 2.36. The number of hydrogen-bond donors (Lipinski definition) is 1. The summed E-state index contributed by atoms with van der Waals surface area (Å²) in [4.78, 5) is 13.2. The summed E-state index contributed by atoms with van der Waals surface area (Å²) in [6.45, 7) is 4.25. The number of aliphatic hydroxyl groups excluding tert-OH is 1. The summed E-state index contributed by atoms with van der Waals surface area (Å²) >= 11 is 0. The van der Waals surface area contributed by atoms with Crippen LogP contribution in [0, 0.1) is 11.8 Å². The summed E-state index contributed by atoms with van der Waals surface area (Å²) in [5.41, 5.74) is 0. The maximum atomic E-state index is 11.4. The molecule has 0 saturated carbocycles. The Kier molecular flexibility index (Phi) is 2.35. The van der Waals surface area contributed by atoms with Crippen LogP contribution in [0.4, 0.5) is 0 Å². The number of amides is 1. The first-order valence-electron chi connectivity index (χ1n) is 5.23. The lowest BCUT2D eigenvalue weighted by Gasteiger charge is -2.47. The van der Waals surface area contributed by atoms with E-state index in [0.29, 0.717) is 5.92 Å². The molecule has 14 heavy (non-hydrogen) atoms. The van der Waals surface area contributed by atoms with Crippen molar-refractivity contribution in [3.8, 4) is 0 Å². The lowest BCUT2D eigenvalue weighted by Crippen LogP contribution is -2.54. The van der Waals surface area contributed by atoms with E-state index >= 15 is 0 Å². The predicted octanol–water partition coefficient (Wildman–Crippen LogP) is 0.790.